The maximum Gasteiger partial charge on any atom is 0.137 e. The summed E-state index contributed by atoms with van der Waals surface area (Å²) in [6.07, 6.45) is 2.50. The predicted molar refractivity (Wildman–Crippen MR) is 53.0 cm³/mol. The van der Waals surface area contributed by atoms with Crippen molar-refractivity contribution in [3.8, 4) is 11.7 Å². The van der Waals surface area contributed by atoms with Gasteiger partial charge in [-0.15, -0.1) is 23.2 Å². The van der Waals surface area contributed by atoms with E-state index in [1.807, 2.05) is 0 Å². The molecule has 1 nitrogen and oxygen atoms in total. The summed E-state index contributed by atoms with van der Waals surface area (Å²) >= 11 is 11.0. The van der Waals surface area contributed by atoms with Gasteiger partial charge in [0.2, 0.25) is 0 Å². The van der Waals surface area contributed by atoms with Crippen molar-refractivity contribution in [2.24, 2.45) is 0 Å². The highest BCUT2D eigenvalue weighted by Crippen LogP contribution is 1.96. The van der Waals surface area contributed by atoms with Crippen molar-refractivity contribution in [2.75, 3.05) is 11.8 Å². The number of ether oxygens (including phenoxy) is 1. The van der Waals surface area contributed by atoms with Crippen LogP contribution in [0.25, 0.3) is 0 Å². The monoisotopic (exact) mass is 210 g/mol. The van der Waals surface area contributed by atoms with Crippen LogP contribution in [0.4, 0.5) is 0 Å². The Morgan fingerprint density at radius 1 is 1.36 bits per heavy atom. The standard InChI is InChI=1S/C7H12Cl2OSi/c1-11(2)4-3-10-7(5-8)6-9/h7,11H,5-6H2,1-2H3. The molecule has 0 aromatic rings. The lowest BCUT2D eigenvalue weighted by molar-refractivity contribution is 0.210. The molecule has 0 amide bonds. The Morgan fingerprint density at radius 3 is 2.27 bits per heavy atom. The number of rotatable bonds is 3. The van der Waals surface area contributed by atoms with Gasteiger partial charge >= 0.3 is 0 Å². The molecule has 0 N–H and O–H groups in total. The molecule has 0 aliphatic heterocycles. The summed E-state index contributed by atoms with van der Waals surface area (Å²) in [4.78, 5) is 0. The highest BCUT2D eigenvalue weighted by atomic mass is 35.5. The molecular weight excluding hydrogens is 199 g/mol. The second kappa shape index (κ2) is 6.84. The van der Waals surface area contributed by atoms with Crippen molar-refractivity contribution in [1.82, 2.24) is 0 Å². The minimum absolute atomic E-state index is 0.126. The van der Waals surface area contributed by atoms with Crippen LogP contribution in [0.3, 0.4) is 0 Å². The Bertz CT molecular complexity index is 146. The molecule has 0 unspecified atom stereocenters. The van der Waals surface area contributed by atoms with Gasteiger partial charge in [0.05, 0.1) is 11.8 Å². The van der Waals surface area contributed by atoms with Gasteiger partial charge in [-0.2, -0.15) is 0 Å². The summed E-state index contributed by atoms with van der Waals surface area (Å²) in [6, 6.07) is 0. The van der Waals surface area contributed by atoms with E-state index in [1.54, 1.807) is 0 Å². The third-order valence-corrected chi connectivity index (χ3v) is 2.30. The molecule has 4 heteroatoms. The zero-order chi connectivity index (χ0) is 8.69. The predicted octanol–water partition coefficient (Wildman–Crippen LogP) is 1.84. The quantitative estimate of drug-likeness (QED) is 0.393. The molecule has 0 saturated heterocycles. The molecule has 0 fully saturated rings. The number of halogens is 2. The van der Waals surface area contributed by atoms with Crippen LogP contribution in [-0.2, 0) is 4.74 Å². The summed E-state index contributed by atoms with van der Waals surface area (Å²) in [5, 5.41) is 0. The van der Waals surface area contributed by atoms with E-state index in [2.05, 4.69) is 24.7 Å². The van der Waals surface area contributed by atoms with E-state index in [1.165, 1.54) is 0 Å². The Kier molecular flexibility index (Phi) is 6.94. The van der Waals surface area contributed by atoms with Crippen LogP contribution < -0.4 is 0 Å². The fraction of sp³-hybridized carbons (Fsp3) is 0.714. The molecule has 0 rings (SSSR count). The first kappa shape index (κ1) is 11.2. The zero-order valence-electron chi connectivity index (χ0n) is 6.73. The van der Waals surface area contributed by atoms with Crippen molar-refractivity contribution in [2.45, 2.75) is 19.2 Å². The van der Waals surface area contributed by atoms with Gasteiger partial charge in [-0.05, 0) is 0 Å². The SMILES string of the molecule is C[SiH](C)C#COC(CCl)CCl. The average molecular weight is 211 g/mol. The molecule has 64 valence electrons. The molecule has 0 heterocycles. The van der Waals surface area contributed by atoms with E-state index in [0.717, 1.165) is 0 Å². The van der Waals surface area contributed by atoms with Crippen LogP contribution in [0.2, 0.25) is 13.1 Å². The summed E-state index contributed by atoms with van der Waals surface area (Å²) in [5.41, 5.74) is 2.99. The maximum atomic E-state index is 5.52. The summed E-state index contributed by atoms with van der Waals surface area (Å²) < 4.78 is 5.06. The van der Waals surface area contributed by atoms with Crippen molar-refractivity contribution < 1.29 is 4.74 Å². The number of alkyl halides is 2. The molecule has 0 atom stereocenters. The Balaban J connectivity index is 3.60. The fourth-order valence-corrected chi connectivity index (χ4v) is 1.10. The first-order valence-electron chi connectivity index (χ1n) is 3.48. The third kappa shape index (κ3) is 6.55. The largest absolute Gasteiger partial charge is 0.441 e. The normalized spacial score (nSPS) is 9.64. The second-order valence-corrected chi connectivity index (χ2v) is 5.66. The minimum atomic E-state index is -0.824. The molecule has 0 aliphatic carbocycles. The highest BCUT2D eigenvalue weighted by Gasteiger charge is 2.03. The van der Waals surface area contributed by atoms with E-state index in [0.29, 0.717) is 11.8 Å². The first-order chi connectivity index (χ1) is 5.20. The lowest BCUT2D eigenvalue weighted by Crippen LogP contribution is -2.13. The molecule has 0 aromatic carbocycles. The molecule has 0 radical (unpaired) electrons. The zero-order valence-corrected chi connectivity index (χ0v) is 9.40. The van der Waals surface area contributed by atoms with Crippen molar-refractivity contribution in [3.05, 3.63) is 0 Å². The van der Waals surface area contributed by atoms with Crippen LogP contribution in [-0.4, -0.2) is 26.7 Å². The van der Waals surface area contributed by atoms with E-state index >= 15 is 0 Å². The molecule has 0 spiro atoms. The van der Waals surface area contributed by atoms with E-state index in [9.17, 15) is 0 Å². The summed E-state index contributed by atoms with van der Waals surface area (Å²) in [7, 11) is -0.824. The van der Waals surface area contributed by atoms with E-state index in [-0.39, 0.29) is 6.10 Å². The summed E-state index contributed by atoms with van der Waals surface area (Å²) in [5.74, 6) is 0.801. The van der Waals surface area contributed by atoms with Gasteiger partial charge < -0.3 is 4.74 Å². The van der Waals surface area contributed by atoms with Crippen LogP contribution in [0.15, 0.2) is 0 Å². The van der Waals surface area contributed by atoms with Crippen molar-refractivity contribution in [1.29, 1.82) is 0 Å². The first-order valence-corrected chi connectivity index (χ1v) is 7.44. The Hall–Kier alpha value is 0.157. The Labute approximate surface area is 79.6 Å². The fourth-order valence-electron chi connectivity index (χ4n) is 0.339. The molecule has 11 heavy (non-hydrogen) atoms. The molecular formula is C7H12Cl2OSi. The van der Waals surface area contributed by atoms with Gasteiger partial charge in [0.15, 0.2) is 0 Å². The number of hydrogen-bond acceptors (Lipinski definition) is 1. The van der Waals surface area contributed by atoms with E-state index < -0.39 is 8.80 Å². The van der Waals surface area contributed by atoms with Crippen LogP contribution in [0.1, 0.15) is 0 Å². The maximum absolute atomic E-state index is 5.52. The molecule has 0 saturated carbocycles. The Morgan fingerprint density at radius 2 is 1.91 bits per heavy atom. The number of hydrogen-bond donors (Lipinski definition) is 0. The average Bonchev–Trinajstić information content (AvgIpc) is 1.98. The lowest BCUT2D eigenvalue weighted by Gasteiger charge is -2.05. The molecule has 0 aromatic heterocycles. The van der Waals surface area contributed by atoms with Gasteiger partial charge in [0, 0.05) is 0 Å². The van der Waals surface area contributed by atoms with Gasteiger partial charge in [0.25, 0.3) is 0 Å². The molecule has 0 aliphatic rings. The third-order valence-electron chi connectivity index (χ3n) is 0.917. The summed E-state index contributed by atoms with van der Waals surface area (Å²) in [6.45, 7) is 4.26. The van der Waals surface area contributed by atoms with Gasteiger partial charge in [-0.3, -0.25) is 0 Å². The van der Waals surface area contributed by atoms with Crippen molar-refractivity contribution >= 4 is 32.0 Å². The van der Waals surface area contributed by atoms with Gasteiger partial charge in [-0.25, -0.2) is 0 Å². The van der Waals surface area contributed by atoms with Crippen molar-refractivity contribution in [3.63, 3.8) is 0 Å². The highest BCUT2D eigenvalue weighted by molar-refractivity contribution is 6.64. The van der Waals surface area contributed by atoms with E-state index in [4.69, 9.17) is 27.9 Å². The van der Waals surface area contributed by atoms with Crippen LogP contribution in [0.5, 0.6) is 0 Å². The van der Waals surface area contributed by atoms with Gasteiger partial charge in [-0.1, -0.05) is 18.6 Å². The van der Waals surface area contributed by atoms with Crippen LogP contribution in [0, 0.1) is 11.7 Å². The minimum Gasteiger partial charge on any atom is -0.441 e. The lowest BCUT2D eigenvalue weighted by atomic mass is 10.5. The smallest absolute Gasteiger partial charge is 0.137 e. The topological polar surface area (TPSA) is 9.23 Å². The second-order valence-electron chi connectivity index (χ2n) is 2.45. The van der Waals surface area contributed by atoms with Crippen LogP contribution >= 0.6 is 23.2 Å². The van der Waals surface area contributed by atoms with Gasteiger partial charge in [0.1, 0.15) is 21.0 Å². The molecule has 0 bridgehead atoms.